The summed E-state index contributed by atoms with van der Waals surface area (Å²) in [6.07, 6.45) is -0.679. The van der Waals surface area contributed by atoms with Gasteiger partial charge in [-0.3, -0.25) is 10.1 Å². The summed E-state index contributed by atoms with van der Waals surface area (Å²) >= 11 is 3.34. The zero-order valence-corrected chi connectivity index (χ0v) is 11.0. The van der Waals surface area contributed by atoms with Gasteiger partial charge in [0.05, 0.1) is 4.47 Å². The quantitative estimate of drug-likeness (QED) is 0.889. The van der Waals surface area contributed by atoms with Crippen molar-refractivity contribution in [3.63, 3.8) is 0 Å². The molecule has 1 atom stereocenters. The molecule has 2 aromatic rings. The summed E-state index contributed by atoms with van der Waals surface area (Å²) in [5.41, 5.74) is 0. The van der Waals surface area contributed by atoms with Gasteiger partial charge in [-0.25, -0.2) is 0 Å². The van der Waals surface area contributed by atoms with Gasteiger partial charge in [-0.05, 0) is 40.2 Å². The topological polar surface area (TPSA) is 92.8 Å². The number of aromatic nitrogens is 4. The van der Waals surface area contributed by atoms with Crippen molar-refractivity contribution in [2.45, 2.75) is 13.0 Å². The molecule has 1 heterocycles. The van der Waals surface area contributed by atoms with Crippen LogP contribution in [-0.4, -0.2) is 32.6 Å². The number of aromatic amines is 1. The zero-order chi connectivity index (χ0) is 13.0. The van der Waals surface area contributed by atoms with E-state index in [2.05, 4.69) is 41.9 Å². The number of anilines is 1. The van der Waals surface area contributed by atoms with E-state index < -0.39 is 6.10 Å². The van der Waals surface area contributed by atoms with Crippen LogP contribution in [0, 0.1) is 0 Å². The highest BCUT2D eigenvalue weighted by Crippen LogP contribution is 2.24. The summed E-state index contributed by atoms with van der Waals surface area (Å²) in [5.74, 6) is 0.350. The summed E-state index contributed by atoms with van der Waals surface area (Å²) in [4.78, 5) is 11.8. The van der Waals surface area contributed by atoms with Crippen LogP contribution in [0.4, 0.5) is 5.95 Å². The molecule has 7 nitrogen and oxygen atoms in total. The van der Waals surface area contributed by atoms with Crippen LogP contribution in [0.15, 0.2) is 28.7 Å². The number of nitrogens with one attached hydrogen (secondary N) is 2. The van der Waals surface area contributed by atoms with E-state index in [4.69, 9.17) is 4.74 Å². The highest BCUT2D eigenvalue weighted by molar-refractivity contribution is 9.10. The Morgan fingerprint density at radius 1 is 1.50 bits per heavy atom. The van der Waals surface area contributed by atoms with Crippen LogP contribution in [-0.2, 0) is 4.79 Å². The van der Waals surface area contributed by atoms with Crippen LogP contribution >= 0.6 is 15.9 Å². The number of benzene rings is 1. The minimum absolute atomic E-state index is 0.113. The van der Waals surface area contributed by atoms with Crippen LogP contribution < -0.4 is 10.1 Å². The molecule has 0 aliphatic carbocycles. The van der Waals surface area contributed by atoms with Crippen molar-refractivity contribution in [3.05, 3.63) is 28.7 Å². The van der Waals surface area contributed by atoms with Gasteiger partial charge in [-0.15, -0.1) is 5.10 Å². The van der Waals surface area contributed by atoms with Gasteiger partial charge in [0.15, 0.2) is 6.10 Å². The standard InChI is InChI=1S/C10H10BrN5O2/c1-6(9(17)12-10-13-15-16-14-10)18-8-5-3-2-4-7(8)11/h2-6H,1H3,(H2,12,13,14,15,16,17)/t6-/m0/s1. The van der Waals surface area contributed by atoms with Gasteiger partial charge < -0.3 is 4.74 Å². The first kappa shape index (κ1) is 12.5. The van der Waals surface area contributed by atoms with Crippen molar-refractivity contribution < 1.29 is 9.53 Å². The van der Waals surface area contributed by atoms with E-state index in [1.807, 2.05) is 18.2 Å². The molecular formula is C10H10BrN5O2. The van der Waals surface area contributed by atoms with Crippen LogP contribution in [0.1, 0.15) is 6.92 Å². The highest BCUT2D eigenvalue weighted by Gasteiger charge is 2.17. The molecule has 1 aromatic heterocycles. The van der Waals surface area contributed by atoms with E-state index in [0.29, 0.717) is 5.75 Å². The number of halogens is 1. The molecule has 0 radical (unpaired) electrons. The Kier molecular flexibility index (Phi) is 3.88. The van der Waals surface area contributed by atoms with Crippen molar-refractivity contribution >= 4 is 27.8 Å². The van der Waals surface area contributed by atoms with Gasteiger partial charge in [-0.1, -0.05) is 17.2 Å². The predicted molar refractivity (Wildman–Crippen MR) is 67.0 cm³/mol. The molecule has 0 fully saturated rings. The monoisotopic (exact) mass is 311 g/mol. The lowest BCUT2D eigenvalue weighted by Crippen LogP contribution is -2.30. The number of hydrogen-bond acceptors (Lipinski definition) is 5. The van der Waals surface area contributed by atoms with Gasteiger partial charge in [-0.2, -0.15) is 5.21 Å². The first-order valence-electron chi connectivity index (χ1n) is 5.12. The van der Waals surface area contributed by atoms with Crippen molar-refractivity contribution in [2.75, 3.05) is 5.32 Å². The molecule has 1 amide bonds. The maximum atomic E-state index is 11.8. The number of rotatable bonds is 4. The van der Waals surface area contributed by atoms with Crippen LogP contribution in [0.3, 0.4) is 0 Å². The molecule has 0 unspecified atom stereocenters. The van der Waals surface area contributed by atoms with E-state index in [1.54, 1.807) is 13.0 Å². The Labute approximate surface area is 111 Å². The number of para-hydroxylation sites is 1. The third-order valence-corrected chi connectivity index (χ3v) is 2.75. The summed E-state index contributed by atoms with van der Waals surface area (Å²) < 4.78 is 6.29. The summed E-state index contributed by atoms with van der Waals surface area (Å²) in [6, 6.07) is 7.28. The number of amides is 1. The third-order valence-electron chi connectivity index (χ3n) is 2.09. The van der Waals surface area contributed by atoms with Crippen molar-refractivity contribution in [2.24, 2.45) is 0 Å². The molecule has 0 aliphatic heterocycles. The number of tetrazole rings is 1. The maximum absolute atomic E-state index is 11.8. The molecule has 0 spiro atoms. The largest absolute Gasteiger partial charge is 0.480 e. The van der Waals surface area contributed by atoms with Gasteiger partial charge in [0.2, 0.25) is 0 Å². The highest BCUT2D eigenvalue weighted by atomic mass is 79.9. The Balaban J connectivity index is 1.97. The second kappa shape index (κ2) is 5.58. The predicted octanol–water partition coefficient (Wildman–Crippen LogP) is 1.37. The Morgan fingerprint density at radius 2 is 2.28 bits per heavy atom. The lowest BCUT2D eigenvalue weighted by Gasteiger charge is -2.14. The van der Waals surface area contributed by atoms with Crippen LogP contribution in [0.5, 0.6) is 5.75 Å². The average molecular weight is 312 g/mol. The first-order chi connectivity index (χ1) is 8.66. The van der Waals surface area contributed by atoms with Crippen LogP contribution in [0.2, 0.25) is 0 Å². The summed E-state index contributed by atoms with van der Waals surface area (Å²) in [6.45, 7) is 1.63. The second-order valence-electron chi connectivity index (χ2n) is 3.42. The molecule has 0 saturated heterocycles. The Bertz CT molecular complexity index is 531. The Hall–Kier alpha value is -1.96. The average Bonchev–Trinajstić information content (AvgIpc) is 2.84. The zero-order valence-electron chi connectivity index (χ0n) is 9.42. The maximum Gasteiger partial charge on any atom is 0.269 e. The minimum atomic E-state index is -0.679. The van der Waals surface area contributed by atoms with E-state index in [9.17, 15) is 4.79 Å². The van der Waals surface area contributed by atoms with Crippen molar-refractivity contribution in [3.8, 4) is 5.75 Å². The molecule has 94 valence electrons. The lowest BCUT2D eigenvalue weighted by molar-refractivity contribution is -0.122. The van der Waals surface area contributed by atoms with E-state index in [1.165, 1.54) is 0 Å². The van der Waals surface area contributed by atoms with Gasteiger partial charge >= 0.3 is 0 Å². The fourth-order valence-corrected chi connectivity index (χ4v) is 1.59. The molecule has 0 aliphatic rings. The molecule has 0 saturated carbocycles. The van der Waals surface area contributed by atoms with E-state index in [-0.39, 0.29) is 11.9 Å². The molecule has 1 aromatic carbocycles. The lowest BCUT2D eigenvalue weighted by atomic mass is 10.3. The molecule has 18 heavy (non-hydrogen) atoms. The first-order valence-corrected chi connectivity index (χ1v) is 5.91. The van der Waals surface area contributed by atoms with Crippen molar-refractivity contribution in [1.82, 2.24) is 20.6 Å². The minimum Gasteiger partial charge on any atom is -0.480 e. The van der Waals surface area contributed by atoms with Gasteiger partial charge in [0, 0.05) is 0 Å². The van der Waals surface area contributed by atoms with Gasteiger partial charge in [0.25, 0.3) is 11.9 Å². The second-order valence-corrected chi connectivity index (χ2v) is 4.27. The normalized spacial score (nSPS) is 11.9. The number of H-pyrrole nitrogens is 1. The number of hydrogen-bond donors (Lipinski definition) is 2. The van der Waals surface area contributed by atoms with E-state index in [0.717, 1.165) is 4.47 Å². The SMILES string of the molecule is C[C@H](Oc1ccccc1Br)C(=O)Nc1nn[nH]n1. The van der Waals surface area contributed by atoms with Crippen LogP contribution in [0.25, 0.3) is 0 Å². The fraction of sp³-hybridized carbons (Fsp3) is 0.200. The fourth-order valence-electron chi connectivity index (χ4n) is 1.21. The number of carbonyl (C=O) groups is 1. The molecule has 2 N–H and O–H groups in total. The number of nitrogens with zero attached hydrogens (tertiary/aromatic N) is 3. The van der Waals surface area contributed by atoms with Gasteiger partial charge in [0.1, 0.15) is 5.75 Å². The molecular weight excluding hydrogens is 302 g/mol. The Morgan fingerprint density at radius 3 is 2.94 bits per heavy atom. The smallest absolute Gasteiger partial charge is 0.269 e. The third kappa shape index (κ3) is 3.04. The molecule has 0 bridgehead atoms. The molecule has 2 rings (SSSR count). The summed E-state index contributed by atoms with van der Waals surface area (Å²) in [7, 11) is 0. The number of ether oxygens (including phenoxy) is 1. The van der Waals surface area contributed by atoms with Crippen molar-refractivity contribution in [1.29, 1.82) is 0 Å². The molecule has 8 heteroatoms. The number of carbonyl (C=O) groups excluding carboxylic acids is 1. The summed E-state index contributed by atoms with van der Waals surface area (Å²) in [5, 5.41) is 15.3. The van der Waals surface area contributed by atoms with E-state index >= 15 is 0 Å².